The minimum absolute atomic E-state index is 0.283. The Morgan fingerprint density at radius 2 is 2.13 bits per heavy atom. The summed E-state index contributed by atoms with van der Waals surface area (Å²) >= 11 is 0. The fourth-order valence-corrected chi connectivity index (χ4v) is 1.95. The molecule has 3 heteroatoms. The Kier molecular flexibility index (Phi) is 2.23. The minimum atomic E-state index is -0.283. The molecular weight excluding hydrogens is 190 g/mol. The van der Waals surface area contributed by atoms with E-state index in [0.29, 0.717) is 5.56 Å². The summed E-state index contributed by atoms with van der Waals surface area (Å²) in [7, 11) is 3.37. The number of benzene rings is 1. The van der Waals surface area contributed by atoms with Crippen LogP contribution in [0.1, 0.15) is 15.9 Å². The second-order valence-electron chi connectivity index (χ2n) is 3.61. The van der Waals surface area contributed by atoms with Gasteiger partial charge in [-0.2, -0.15) is 0 Å². The summed E-state index contributed by atoms with van der Waals surface area (Å²) in [6, 6.07) is 5.66. The fourth-order valence-electron chi connectivity index (χ4n) is 1.95. The van der Waals surface area contributed by atoms with Crippen molar-refractivity contribution in [1.29, 1.82) is 0 Å². The summed E-state index contributed by atoms with van der Waals surface area (Å²) in [6.45, 7) is 1.99. The molecule has 0 aliphatic carbocycles. The Morgan fingerprint density at radius 1 is 1.40 bits per heavy atom. The third-order valence-electron chi connectivity index (χ3n) is 2.61. The number of aryl methyl sites for hydroxylation is 2. The average molecular weight is 203 g/mol. The number of carbonyl (C=O) groups excluding carboxylic acids is 1. The number of nitrogens with zero attached hydrogens (tertiary/aromatic N) is 1. The van der Waals surface area contributed by atoms with E-state index in [1.54, 1.807) is 6.07 Å². The summed E-state index contributed by atoms with van der Waals surface area (Å²) in [4.78, 5) is 11.6. The molecule has 2 aromatic rings. The quantitative estimate of drug-likeness (QED) is 0.666. The van der Waals surface area contributed by atoms with Crippen LogP contribution in [0.25, 0.3) is 10.9 Å². The highest BCUT2D eigenvalue weighted by Crippen LogP contribution is 2.24. The van der Waals surface area contributed by atoms with Crippen molar-refractivity contribution >= 4 is 16.9 Å². The molecule has 0 saturated carbocycles. The molecule has 1 aromatic heterocycles. The predicted octanol–water partition coefficient (Wildman–Crippen LogP) is 2.27. The summed E-state index contributed by atoms with van der Waals surface area (Å²) in [5.41, 5.74) is 2.78. The van der Waals surface area contributed by atoms with Gasteiger partial charge in [-0.15, -0.1) is 0 Å². The van der Waals surface area contributed by atoms with Crippen LogP contribution in [0, 0.1) is 6.92 Å². The molecule has 0 bridgehead atoms. The number of methoxy groups -OCH3 is 1. The van der Waals surface area contributed by atoms with Gasteiger partial charge in [0.25, 0.3) is 0 Å². The third-order valence-corrected chi connectivity index (χ3v) is 2.61. The van der Waals surface area contributed by atoms with E-state index in [-0.39, 0.29) is 5.97 Å². The van der Waals surface area contributed by atoms with Crippen LogP contribution >= 0.6 is 0 Å². The summed E-state index contributed by atoms with van der Waals surface area (Å²) in [5.74, 6) is -0.283. The zero-order valence-electron chi connectivity index (χ0n) is 9.07. The number of aromatic nitrogens is 1. The molecule has 0 radical (unpaired) electrons. The second kappa shape index (κ2) is 3.42. The lowest BCUT2D eigenvalue weighted by Gasteiger charge is -2.02. The number of rotatable bonds is 1. The molecular formula is C12H13NO2. The molecule has 0 N–H and O–H groups in total. The number of ether oxygens (including phenoxy) is 1. The van der Waals surface area contributed by atoms with E-state index in [0.717, 1.165) is 16.5 Å². The molecule has 3 nitrogen and oxygen atoms in total. The number of hydrogen-bond acceptors (Lipinski definition) is 2. The second-order valence-corrected chi connectivity index (χ2v) is 3.61. The Balaban J connectivity index is 2.80. The Bertz CT molecular complexity index is 526. The van der Waals surface area contributed by atoms with E-state index < -0.39 is 0 Å². The van der Waals surface area contributed by atoms with E-state index in [9.17, 15) is 4.79 Å². The molecule has 0 amide bonds. The zero-order valence-corrected chi connectivity index (χ0v) is 9.07. The first-order chi connectivity index (χ1) is 7.15. The van der Waals surface area contributed by atoms with E-state index in [4.69, 9.17) is 4.74 Å². The first-order valence-electron chi connectivity index (χ1n) is 4.78. The lowest BCUT2D eigenvalue weighted by Crippen LogP contribution is -2.01. The van der Waals surface area contributed by atoms with Gasteiger partial charge >= 0.3 is 5.97 Å². The maximum atomic E-state index is 11.6. The standard InChI is InChI=1S/C12H13NO2/c1-8-7-13(2)10-6-4-5-9(11(8)10)12(14)15-3/h4-7H,1-3H3. The van der Waals surface area contributed by atoms with E-state index in [1.165, 1.54) is 7.11 Å². The summed E-state index contributed by atoms with van der Waals surface area (Å²) in [6.07, 6.45) is 2.01. The minimum Gasteiger partial charge on any atom is -0.465 e. The number of esters is 1. The third kappa shape index (κ3) is 1.40. The SMILES string of the molecule is COC(=O)c1cccc2c1c(C)cn2C. The lowest BCUT2D eigenvalue weighted by atomic mass is 10.1. The smallest absolute Gasteiger partial charge is 0.338 e. The van der Waals surface area contributed by atoms with Crippen LogP contribution in [0.3, 0.4) is 0 Å². The summed E-state index contributed by atoms with van der Waals surface area (Å²) < 4.78 is 6.77. The topological polar surface area (TPSA) is 31.2 Å². The first kappa shape index (κ1) is 9.77. The van der Waals surface area contributed by atoms with Crippen LogP contribution in [0.4, 0.5) is 0 Å². The molecule has 1 aromatic carbocycles. The van der Waals surface area contributed by atoms with Gasteiger partial charge in [-0.3, -0.25) is 0 Å². The highest BCUT2D eigenvalue weighted by molar-refractivity contribution is 6.05. The molecule has 0 aliphatic heterocycles. The first-order valence-corrected chi connectivity index (χ1v) is 4.78. The molecule has 2 rings (SSSR count). The van der Waals surface area contributed by atoms with E-state index >= 15 is 0 Å². The van der Waals surface area contributed by atoms with Crippen LogP contribution < -0.4 is 0 Å². The van der Waals surface area contributed by atoms with Crippen LogP contribution in [0.15, 0.2) is 24.4 Å². The summed E-state index contributed by atoms with van der Waals surface area (Å²) in [5, 5.41) is 0.979. The van der Waals surface area contributed by atoms with Crippen molar-refractivity contribution in [2.45, 2.75) is 6.92 Å². The van der Waals surface area contributed by atoms with Gasteiger partial charge in [0.2, 0.25) is 0 Å². The molecule has 15 heavy (non-hydrogen) atoms. The van der Waals surface area contributed by atoms with Crippen LogP contribution in [0.2, 0.25) is 0 Å². The van der Waals surface area contributed by atoms with Crippen molar-refractivity contribution in [3.8, 4) is 0 Å². The van der Waals surface area contributed by atoms with Crippen molar-refractivity contribution in [2.75, 3.05) is 7.11 Å². The Labute approximate surface area is 88.3 Å². The Morgan fingerprint density at radius 3 is 2.80 bits per heavy atom. The van der Waals surface area contributed by atoms with Crippen molar-refractivity contribution < 1.29 is 9.53 Å². The van der Waals surface area contributed by atoms with Crippen LogP contribution in [-0.2, 0) is 11.8 Å². The van der Waals surface area contributed by atoms with Crippen molar-refractivity contribution in [2.24, 2.45) is 7.05 Å². The predicted molar refractivity (Wildman–Crippen MR) is 59.0 cm³/mol. The number of hydrogen-bond donors (Lipinski definition) is 0. The van der Waals surface area contributed by atoms with E-state index in [2.05, 4.69) is 0 Å². The maximum absolute atomic E-state index is 11.6. The molecule has 78 valence electrons. The number of carbonyl (C=O) groups is 1. The van der Waals surface area contributed by atoms with Gasteiger partial charge in [-0.1, -0.05) is 6.07 Å². The monoisotopic (exact) mass is 203 g/mol. The van der Waals surface area contributed by atoms with Crippen molar-refractivity contribution in [3.63, 3.8) is 0 Å². The van der Waals surface area contributed by atoms with Gasteiger partial charge < -0.3 is 9.30 Å². The fraction of sp³-hybridized carbons (Fsp3) is 0.250. The molecule has 0 unspecified atom stereocenters. The van der Waals surface area contributed by atoms with Crippen molar-refractivity contribution in [3.05, 3.63) is 35.5 Å². The van der Waals surface area contributed by atoms with Gasteiger partial charge in [0.05, 0.1) is 12.7 Å². The van der Waals surface area contributed by atoms with Crippen LogP contribution in [-0.4, -0.2) is 17.6 Å². The molecule has 0 saturated heterocycles. The lowest BCUT2D eigenvalue weighted by molar-refractivity contribution is 0.0603. The average Bonchev–Trinajstić information content (AvgIpc) is 2.54. The van der Waals surface area contributed by atoms with Crippen LogP contribution in [0.5, 0.6) is 0 Å². The van der Waals surface area contributed by atoms with Gasteiger partial charge in [0, 0.05) is 24.1 Å². The van der Waals surface area contributed by atoms with E-state index in [1.807, 2.05) is 36.9 Å². The maximum Gasteiger partial charge on any atom is 0.338 e. The molecule has 0 aliphatic rings. The molecule has 0 atom stereocenters. The highest BCUT2D eigenvalue weighted by Gasteiger charge is 2.13. The van der Waals surface area contributed by atoms with Gasteiger partial charge in [-0.05, 0) is 24.6 Å². The Hall–Kier alpha value is -1.77. The highest BCUT2D eigenvalue weighted by atomic mass is 16.5. The van der Waals surface area contributed by atoms with Crippen molar-refractivity contribution in [1.82, 2.24) is 4.57 Å². The molecule has 1 heterocycles. The molecule has 0 spiro atoms. The normalized spacial score (nSPS) is 10.6. The molecule has 0 fully saturated rings. The number of fused-ring (bicyclic) bond motifs is 1. The van der Waals surface area contributed by atoms with Gasteiger partial charge in [0.15, 0.2) is 0 Å². The largest absolute Gasteiger partial charge is 0.465 e. The zero-order chi connectivity index (χ0) is 11.0. The van der Waals surface area contributed by atoms with Gasteiger partial charge in [0.1, 0.15) is 0 Å². The van der Waals surface area contributed by atoms with Gasteiger partial charge in [-0.25, -0.2) is 4.79 Å².